The second kappa shape index (κ2) is 5.84. The summed E-state index contributed by atoms with van der Waals surface area (Å²) in [4.78, 5) is 1.21. The molecule has 1 aliphatic rings. The van der Waals surface area contributed by atoms with E-state index in [1.165, 1.54) is 4.90 Å². The van der Waals surface area contributed by atoms with Crippen molar-refractivity contribution in [1.82, 2.24) is 10.2 Å². The van der Waals surface area contributed by atoms with Crippen molar-refractivity contribution in [3.05, 3.63) is 0 Å². The molecule has 2 N–H and O–H groups in total. The van der Waals surface area contributed by atoms with Crippen LogP contribution in [0.5, 0.6) is 0 Å². The van der Waals surface area contributed by atoms with E-state index in [0.717, 1.165) is 12.8 Å². The Labute approximate surface area is 93.6 Å². The van der Waals surface area contributed by atoms with E-state index in [-0.39, 0.29) is 6.54 Å². The number of nitrogens with zero attached hydrogens (tertiary/aromatic N) is 1. The maximum Gasteiger partial charge on any atom is 0.401 e. The Morgan fingerprint density at radius 2 is 2.06 bits per heavy atom. The van der Waals surface area contributed by atoms with Crippen molar-refractivity contribution in [2.24, 2.45) is 0 Å². The lowest BCUT2D eigenvalue weighted by molar-refractivity contribution is -0.147. The summed E-state index contributed by atoms with van der Waals surface area (Å²) in [5.74, 6) is 0. The molecule has 1 atom stereocenters. The summed E-state index contributed by atoms with van der Waals surface area (Å²) in [5, 5.41) is 12.6. The quantitative estimate of drug-likeness (QED) is 0.696. The van der Waals surface area contributed by atoms with E-state index in [4.69, 9.17) is 0 Å². The molecule has 0 bridgehead atoms. The normalized spacial score (nSPS) is 19.1. The number of alkyl halides is 3. The SMILES string of the molecule is CCN(CC(O)CNC1CC1)CC(F)(F)F. The van der Waals surface area contributed by atoms with Gasteiger partial charge in [-0.2, -0.15) is 13.2 Å². The van der Waals surface area contributed by atoms with E-state index in [2.05, 4.69) is 5.32 Å². The number of halogens is 3. The summed E-state index contributed by atoms with van der Waals surface area (Å²) in [7, 11) is 0. The lowest BCUT2D eigenvalue weighted by Gasteiger charge is -2.24. The molecule has 1 unspecified atom stereocenters. The van der Waals surface area contributed by atoms with Gasteiger partial charge in [-0.05, 0) is 19.4 Å². The Balaban J connectivity index is 2.19. The zero-order chi connectivity index (χ0) is 12.2. The number of rotatable bonds is 7. The first-order valence-electron chi connectivity index (χ1n) is 5.61. The number of aliphatic hydroxyl groups excluding tert-OH is 1. The van der Waals surface area contributed by atoms with Crippen LogP contribution in [0.15, 0.2) is 0 Å². The summed E-state index contributed by atoms with van der Waals surface area (Å²) in [5.41, 5.74) is 0. The van der Waals surface area contributed by atoms with E-state index < -0.39 is 18.8 Å². The van der Waals surface area contributed by atoms with Crippen LogP contribution >= 0.6 is 0 Å². The van der Waals surface area contributed by atoms with Crippen molar-refractivity contribution in [3.63, 3.8) is 0 Å². The molecule has 0 aromatic heterocycles. The first kappa shape index (κ1) is 13.7. The average Bonchev–Trinajstić information content (AvgIpc) is 2.95. The summed E-state index contributed by atoms with van der Waals surface area (Å²) < 4.78 is 36.4. The standard InChI is InChI=1S/C10H19F3N2O/c1-2-15(7-10(11,12)13)6-9(16)5-14-8-3-4-8/h8-9,14,16H,2-7H2,1H3. The van der Waals surface area contributed by atoms with Crippen molar-refractivity contribution in [3.8, 4) is 0 Å². The minimum Gasteiger partial charge on any atom is -0.390 e. The highest BCUT2D eigenvalue weighted by atomic mass is 19.4. The predicted octanol–water partition coefficient (Wildman–Crippen LogP) is 0.983. The van der Waals surface area contributed by atoms with Crippen LogP contribution in [0.4, 0.5) is 13.2 Å². The lowest BCUT2D eigenvalue weighted by Crippen LogP contribution is -2.42. The molecule has 0 spiro atoms. The molecule has 16 heavy (non-hydrogen) atoms. The molecule has 96 valence electrons. The molecule has 0 aromatic carbocycles. The summed E-state index contributed by atoms with van der Waals surface area (Å²) in [6.07, 6.45) is -2.72. The zero-order valence-corrected chi connectivity index (χ0v) is 9.43. The van der Waals surface area contributed by atoms with Gasteiger partial charge in [0, 0.05) is 19.1 Å². The molecule has 0 aromatic rings. The topological polar surface area (TPSA) is 35.5 Å². The van der Waals surface area contributed by atoms with E-state index in [1.807, 2.05) is 0 Å². The van der Waals surface area contributed by atoms with Gasteiger partial charge in [-0.3, -0.25) is 4.90 Å². The highest BCUT2D eigenvalue weighted by Crippen LogP contribution is 2.19. The van der Waals surface area contributed by atoms with Gasteiger partial charge in [0.05, 0.1) is 12.6 Å². The molecular formula is C10H19F3N2O. The maximum absolute atomic E-state index is 12.1. The lowest BCUT2D eigenvalue weighted by atomic mass is 10.3. The fourth-order valence-corrected chi connectivity index (χ4v) is 1.51. The van der Waals surface area contributed by atoms with Gasteiger partial charge in [0.25, 0.3) is 0 Å². The molecule has 1 rings (SSSR count). The molecule has 0 amide bonds. The van der Waals surface area contributed by atoms with E-state index in [0.29, 0.717) is 19.1 Å². The molecule has 1 aliphatic carbocycles. The third-order valence-corrected chi connectivity index (χ3v) is 2.54. The van der Waals surface area contributed by atoms with Gasteiger partial charge in [-0.15, -0.1) is 0 Å². The molecular weight excluding hydrogens is 221 g/mol. The molecule has 0 aliphatic heterocycles. The van der Waals surface area contributed by atoms with Gasteiger partial charge < -0.3 is 10.4 Å². The average molecular weight is 240 g/mol. The summed E-state index contributed by atoms with van der Waals surface area (Å²) >= 11 is 0. The Hall–Kier alpha value is -0.330. The Morgan fingerprint density at radius 3 is 2.50 bits per heavy atom. The molecule has 0 heterocycles. The number of nitrogens with one attached hydrogen (secondary N) is 1. The highest BCUT2D eigenvalue weighted by molar-refractivity contribution is 4.82. The highest BCUT2D eigenvalue weighted by Gasteiger charge is 2.31. The number of hydrogen-bond donors (Lipinski definition) is 2. The van der Waals surface area contributed by atoms with Gasteiger partial charge in [-0.1, -0.05) is 6.92 Å². The van der Waals surface area contributed by atoms with Crippen LogP contribution in [-0.2, 0) is 0 Å². The van der Waals surface area contributed by atoms with Gasteiger partial charge >= 0.3 is 6.18 Å². The van der Waals surface area contributed by atoms with Crippen molar-refractivity contribution in [1.29, 1.82) is 0 Å². The second-order valence-corrected chi connectivity index (χ2v) is 4.28. The third kappa shape index (κ3) is 6.30. The van der Waals surface area contributed by atoms with Gasteiger partial charge in [0.15, 0.2) is 0 Å². The van der Waals surface area contributed by atoms with Crippen LogP contribution in [-0.4, -0.2) is 54.5 Å². The third-order valence-electron chi connectivity index (χ3n) is 2.54. The Kier molecular flexibility index (Phi) is 5.01. The number of likely N-dealkylation sites (N-methyl/N-ethyl adjacent to an activating group) is 1. The summed E-state index contributed by atoms with van der Waals surface area (Å²) in [6.45, 7) is 1.44. The zero-order valence-electron chi connectivity index (χ0n) is 9.43. The van der Waals surface area contributed by atoms with Crippen LogP contribution in [0.3, 0.4) is 0 Å². The van der Waals surface area contributed by atoms with Gasteiger partial charge in [-0.25, -0.2) is 0 Å². The minimum absolute atomic E-state index is 0.0652. The fraction of sp³-hybridized carbons (Fsp3) is 1.00. The Bertz CT molecular complexity index is 207. The van der Waals surface area contributed by atoms with Crippen molar-refractivity contribution >= 4 is 0 Å². The first-order chi connectivity index (χ1) is 7.40. The first-order valence-corrected chi connectivity index (χ1v) is 5.61. The van der Waals surface area contributed by atoms with Crippen LogP contribution in [0.25, 0.3) is 0 Å². The van der Waals surface area contributed by atoms with E-state index in [1.54, 1.807) is 6.92 Å². The van der Waals surface area contributed by atoms with Gasteiger partial charge in [0.1, 0.15) is 0 Å². The predicted molar refractivity (Wildman–Crippen MR) is 55.2 cm³/mol. The Morgan fingerprint density at radius 1 is 1.44 bits per heavy atom. The molecule has 3 nitrogen and oxygen atoms in total. The largest absolute Gasteiger partial charge is 0.401 e. The van der Waals surface area contributed by atoms with E-state index >= 15 is 0 Å². The smallest absolute Gasteiger partial charge is 0.390 e. The summed E-state index contributed by atoms with van der Waals surface area (Å²) in [6, 6.07) is 0.465. The second-order valence-electron chi connectivity index (χ2n) is 4.28. The molecule has 1 saturated carbocycles. The van der Waals surface area contributed by atoms with Crippen LogP contribution < -0.4 is 5.32 Å². The number of aliphatic hydroxyl groups is 1. The molecule has 0 radical (unpaired) electrons. The number of hydrogen-bond acceptors (Lipinski definition) is 3. The van der Waals surface area contributed by atoms with Crippen molar-refractivity contribution in [2.75, 3.05) is 26.2 Å². The van der Waals surface area contributed by atoms with Crippen LogP contribution in [0.2, 0.25) is 0 Å². The minimum atomic E-state index is -4.19. The van der Waals surface area contributed by atoms with Crippen LogP contribution in [0, 0.1) is 0 Å². The molecule has 0 saturated heterocycles. The van der Waals surface area contributed by atoms with Crippen molar-refractivity contribution < 1.29 is 18.3 Å². The van der Waals surface area contributed by atoms with Crippen molar-refractivity contribution in [2.45, 2.75) is 38.1 Å². The maximum atomic E-state index is 12.1. The monoisotopic (exact) mass is 240 g/mol. The van der Waals surface area contributed by atoms with Gasteiger partial charge in [0.2, 0.25) is 0 Å². The fourth-order valence-electron chi connectivity index (χ4n) is 1.51. The van der Waals surface area contributed by atoms with Crippen LogP contribution in [0.1, 0.15) is 19.8 Å². The molecule has 6 heteroatoms. The van der Waals surface area contributed by atoms with E-state index in [9.17, 15) is 18.3 Å². The molecule has 1 fully saturated rings.